The second kappa shape index (κ2) is 6.52. The molecule has 0 bridgehead atoms. The zero-order valence-corrected chi connectivity index (χ0v) is 13.5. The molecule has 0 aromatic heterocycles. The first-order valence-electron chi connectivity index (χ1n) is 6.48. The van der Waals surface area contributed by atoms with Gasteiger partial charge in [0.25, 0.3) is 0 Å². The molecule has 1 aromatic carbocycles. The SMILES string of the molecule is NS(=O)(=O)c1ccc(Cl)c(C(=O)OCC2CCCC2)c1Cl. The van der Waals surface area contributed by atoms with Gasteiger partial charge in [-0.05, 0) is 30.9 Å². The van der Waals surface area contributed by atoms with Gasteiger partial charge in [0.2, 0.25) is 10.0 Å². The lowest BCUT2D eigenvalue weighted by atomic mass is 10.1. The number of benzene rings is 1. The molecule has 5 nitrogen and oxygen atoms in total. The van der Waals surface area contributed by atoms with E-state index in [1.807, 2.05) is 0 Å². The summed E-state index contributed by atoms with van der Waals surface area (Å²) in [4.78, 5) is 11.7. The Hall–Kier alpha value is -0.820. The lowest BCUT2D eigenvalue weighted by Gasteiger charge is -2.13. The number of hydrogen-bond donors (Lipinski definition) is 1. The lowest BCUT2D eigenvalue weighted by molar-refractivity contribution is 0.0442. The number of nitrogens with two attached hydrogens (primary N) is 1. The molecule has 2 rings (SSSR count). The number of sulfonamides is 1. The lowest BCUT2D eigenvalue weighted by Crippen LogP contribution is -2.17. The molecule has 1 aliphatic carbocycles. The van der Waals surface area contributed by atoms with Crippen molar-refractivity contribution < 1.29 is 17.9 Å². The Balaban J connectivity index is 2.23. The third kappa shape index (κ3) is 3.88. The van der Waals surface area contributed by atoms with Crippen molar-refractivity contribution in [2.45, 2.75) is 30.6 Å². The summed E-state index contributed by atoms with van der Waals surface area (Å²) in [6, 6.07) is 2.42. The molecule has 1 saturated carbocycles. The predicted molar refractivity (Wildman–Crippen MR) is 80.1 cm³/mol. The minimum Gasteiger partial charge on any atom is -0.462 e. The number of carbonyl (C=O) groups excluding carboxylic acids is 1. The molecule has 0 atom stereocenters. The van der Waals surface area contributed by atoms with Crippen molar-refractivity contribution >= 4 is 39.2 Å². The van der Waals surface area contributed by atoms with E-state index in [0.717, 1.165) is 31.7 Å². The molecular weight excluding hydrogens is 337 g/mol. The maximum absolute atomic E-state index is 12.1. The number of rotatable bonds is 4. The molecule has 0 unspecified atom stereocenters. The van der Waals surface area contributed by atoms with Gasteiger partial charge >= 0.3 is 5.97 Å². The minimum atomic E-state index is -4.04. The highest BCUT2D eigenvalue weighted by Gasteiger charge is 2.25. The van der Waals surface area contributed by atoms with Crippen LogP contribution < -0.4 is 5.14 Å². The van der Waals surface area contributed by atoms with Gasteiger partial charge in [0.1, 0.15) is 4.90 Å². The quantitative estimate of drug-likeness (QED) is 0.844. The number of ether oxygens (including phenoxy) is 1. The first kappa shape index (κ1) is 16.5. The molecule has 0 amide bonds. The van der Waals surface area contributed by atoms with Crippen LogP contribution in [0.25, 0.3) is 0 Å². The highest BCUT2D eigenvalue weighted by atomic mass is 35.5. The Morgan fingerprint density at radius 1 is 1.29 bits per heavy atom. The summed E-state index contributed by atoms with van der Waals surface area (Å²) in [6.45, 7) is 0.283. The average molecular weight is 352 g/mol. The Labute approximate surface area is 133 Å². The summed E-state index contributed by atoms with van der Waals surface area (Å²) in [6.07, 6.45) is 4.30. The first-order valence-corrected chi connectivity index (χ1v) is 8.79. The van der Waals surface area contributed by atoms with Crippen molar-refractivity contribution in [1.29, 1.82) is 0 Å². The van der Waals surface area contributed by atoms with Crippen LogP contribution in [-0.4, -0.2) is 21.0 Å². The topological polar surface area (TPSA) is 86.5 Å². The molecule has 0 radical (unpaired) electrons. The van der Waals surface area contributed by atoms with Crippen LogP contribution in [0.4, 0.5) is 0 Å². The van der Waals surface area contributed by atoms with Gasteiger partial charge in [-0.25, -0.2) is 18.4 Å². The van der Waals surface area contributed by atoms with E-state index in [1.54, 1.807) is 0 Å². The standard InChI is InChI=1S/C13H15Cl2NO4S/c14-9-5-6-10(21(16,18)19)12(15)11(9)13(17)20-7-8-3-1-2-4-8/h5-6,8H,1-4,7H2,(H2,16,18,19). The number of halogens is 2. The second-order valence-corrected chi connectivity index (χ2v) is 7.34. The summed E-state index contributed by atoms with van der Waals surface area (Å²) < 4.78 is 28.0. The van der Waals surface area contributed by atoms with E-state index in [0.29, 0.717) is 5.92 Å². The molecule has 1 fully saturated rings. The minimum absolute atomic E-state index is 0.0313. The predicted octanol–water partition coefficient (Wildman–Crippen LogP) is 2.99. The second-order valence-electron chi connectivity index (χ2n) is 5.03. The maximum Gasteiger partial charge on any atom is 0.341 e. The van der Waals surface area contributed by atoms with Crippen LogP contribution in [0.3, 0.4) is 0 Å². The Kier molecular flexibility index (Phi) is 5.14. The van der Waals surface area contributed by atoms with Crippen LogP contribution in [0.15, 0.2) is 17.0 Å². The van der Waals surface area contributed by atoms with E-state index >= 15 is 0 Å². The fourth-order valence-electron chi connectivity index (χ4n) is 2.38. The summed E-state index contributed by atoms with van der Waals surface area (Å²) >= 11 is 11.9. The fourth-order valence-corrected chi connectivity index (χ4v) is 3.84. The van der Waals surface area contributed by atoms with Gasteiger partial charge in [0, 0.05) is 0 Å². The molecule has 8 heteroatoms. The van der Waals surface area contributed by atoms with Crippen LogP contribution in [-0.2, 0) is 14.8 Å². The van der Waals surface area contributed by atoms with Gasteiger partial charge in [-0.15, -0.1) is 0 Å². The molecular formula is C13H15Cl2NO4S. The van der Waals surface area contributed by atoms with Gasteiger partial charge in [0.15, 0.2) is 0 Å². The van der Waals surface area contributed by atoms with Crippen LogP contribution >= 0.6 is 23.2 Å². The van der Waals surface area contributed by atoms with Crippen molar-refractivity contribution in [3.8, 4) is 0 Å². The average Bonchev–Trinajstić information content (AvgIpc) is 2.87. The summed E-state index contributed by atoms with van der Waals surface area (Å²) in [5, 5.41) is 4.77. The van der Waals surface area contributed by atoms with Gasteiger partial charge in [-0.2, -0.15) is 0 Å². The molecule has 0 saturated heterocycles. The summed E-state index contributed by atoms with van der Waals surface area (Å²) in [5.74, 6) is -0.393. The van der Waals surface area contributed by atoms with E-state index in [1.165, 1.54) is 6.07 Å². The number of esters is 1. The fraction of sp³-hybridized carbons (Fsp3) is 0.462. The highest BCUT2D eigenvalue weighted by molar-refractivity contribution is 7.89. The van der Waals surface area contributed by atoms with Crippen molar-refractivity contribution in [1.82, 2.24) is 0 Å². The highest BCUT2D eigenvalue weighted by Crippen LogP contribution is 2.32. The molecule has 0 aliphatic heterocycles. The smallest absolute Gasteiger partial charge is 0.341 e. The number of carbonyl (C=O) groups is 1. The Bertz CT molecular complexity index is 654. The summed E-state index contributed by atoms with van der Waals surface area (Å²) in [7, 11) is -4.04. The first-order chi connectivity index (χ1) is 9.80. The molecule has 0 heterocycles. The van der Waals surface area contributed by atoms with Gasteiger partial charge in [-0.3, -0.25) is 0 Å². The zero-order chi connectivity index (χ0) is 15.6. The largest absolute Gasteiger partial charge is 0.462 e. The number of primary sulfonamides is 1. The molecule has 1 aromatic rings. The molecule has 1 aliphatic rings. The van der Waals surface area contributed by atoms with E-state index in [9.17, 15) is 13.2 Å². The van der Waals surface area contributed by atoms with Gasteiger partial charge in [0.05, 0.1) is 22.2 Å². The van der Waals surface area contributed by atoms with Crippen molar-refractivity contribution in [3.63, 3.8) is 0 Å². The van der Waals surface area contributed by atoms with Crippen molar-refractivity contribution in [2.75, 3.05) is 6.61 Å². The molecule has 116 valence electrons. The van der Waals surface area contributed by atoms with E-state index in [-0.39, 0.29) is 27.1 Å². The van der Waals surface area contributed by atoms with Crippen LogP contribution in [0.2, 0.25) is 10.0 Å². The zero-order valence-electron chi connectivity index (χ0n) is 11.1. The van der Waals surface area contributed by atoms with Crippen LogP contribution in [0, 0.1) is 5.92 Å². The molecule has 2 N–H and O–H groups in total. The third-order valence-corrected chi connectivity index (χ3v) is 5.26. The van der Waals surface area contributed by atoms with E-state index < -0.39 is 16.0 Å². The van der Waals surface area contributed by atoms with Crippen LogP contribution in [0.1, 0.15) is 36.0 Å². The monoisotopic (exact) mass is 351 g/mol. The maximum atomic E-state index is 12.1. The van der Waals surface area contributed by atoms with Crippen LogP contribution in [0.5, 0.6) is 0 Å². The van der Waals surface area contributed by atoms with Gasteiger partial charge in [-0.1, -0.05) is 36.0 Å². The van der Waals surface area contributed by atoms with Gasteiger partial charge < -0.3 is 4.74 Å². The Morgan fingerprint density at radius 3 is 2.48 bits per heavy atom. The van der Waals surface area contributed by atoms with Crippen molar-refractivity contribution in [2.24, 2.45) is 11.1 Å². The normalized spacial score (nSPS) is 16.1. The van der Waals surface area contributed by atoms with Crippen molar-refractivity contribution in [3.05, 3.63) is 27.7 Å². The summed E-state index contributed by atoms with van der Waals surface area (Å²) in [5.41, 5.74) is -0.164. The Morgan fingerprint density at radius 2 is 1.90 bits per heavy atom. The third-order valence-electron chi connectivity index (χ3n) is 3.49. The molecule has 0 spiro atoms. The number of hydrogen-bond acceptors (Lipinski definition) is 4. The van der Waals surface area contributed by atoms with E-state index in [4.69, 9.17) is 33.1 Å². The van der Waals surface area contributed by atoms with E-state index in [2.05, 4.69) is 0 Å². The molecule has 21 heavy (non-hydrogen) atoms.